The number of piperazine rings is 1. The van der Waals surface area contributed by atoms with Crippen molar-refractivity contribution in [3.8, 4) is 0 Å². The third-order valence-corrected chi connectivity index (χ3v) is 4.95. The highest BCUT2D eigenvalue weighted by atomic mass is 16.6. The Morgan fingerprint density at radius 3 is 2.59 bits per heavy atom. The zero-order valence-electron chi connectivity index (χ0n) is 16.8. The van der Waals surface area contributed by atoms with Gasteiger partial charge < -0.3 is 14.4 Å². The molecule has 1 atom stereocenters. The summed E-state index contributed by atoms with van der Waals surface area (Å²) in [6.07, 6.45) is 1.44. The van der Waals surface area contributed by atoms with Crippen molar-refractivity contribution in [3.63, 3.8) is 0 Å². The molecule has 27 heavy (non-hydrogen) atoms. The standard InChI is InChI=1S/C21H30N2O4/c1-15-13-17-14-16(5-6-18(17)19(24)26-15)7-8-22-9-11-23(12-10-22)20(25)27-21(2,3)4/h5-6,14-15H,7-13H2,1-4H3/t15-/m1/s1. The Morgan fingerprint density at radius 1 is 1.22 bits per heavy atom. The van der Waals surface area contributed by atoms with Crippen molar-refractivity contribution >= 4 is 12.1 Å². The number of hydrogen-bond donors (Lipinski definition) is 0. The maximum absolute atomic E-state index is 12.1. The fourth-order valence-corrected chi connectivity index (χ4v) is 3.54. The zero-order chi connectivity index (χ0) is 19.6. The molecular weight excluding hydrogens is 344 g/mol. The second kappa shape index (κ2) is 7.89. The van der Waals surface area contributed by atoms with E-state index in [4.69, 9.17) is 9.47 Å². The lowest BCUT2D eigenvalue weighted by Crippen LogP contribution is -2.50. The second-order valence-electron chi connectivity index (χ2n) is 8.47. The first kappa shape index (κ1) is 19.7. The highest BCUT2D eigenvalue weighted by Gasteiger charge is 2.26. The van der Waals surface area contributed by atoms with Gasteiger partial charge in [-0.2, -0.15) is 0 Å². The van der Waals surface area contributed by atoms with E-state index in [9.17, 15) is 9.59 Å². The molecule has 0 aromatic heterocycles. The Bertz CT molecular complexity index is 703. The number of nitrogens with zero attached hydrogens (tertiary/aromatic N) is 2. The molecule has 0 saturated carbocycles. The Kier molecular flexibility index (Phi) is 5.75. The highest BCUT2D eigenvalue weighted by Crippen LogP contribution is 2.22. The minimum Gasteiger partial charge on any atom is -0.459 e. The van der Waals surface area contributed by atoms with Crippen LogP contribution in [0.15, 0.2) is 18.2 Å². The molecule has 1 amide bonds. The van der Waals surface area contributed by atoms with Gasteiger partial charge in [0.05, 0.1) is 5.56 Å². The predicted molar refractivity (Wildman–Crippen MR) is 103 cm³/mol. The fraction of sp³-hybridized carbons (Fsp3) is 0.619. The summed E-state index contributed by atoms with van der Waals surface area (Å²) < 4.78 is 10.7. The minimum absolute atomic E-state index is 0.0545. The average Bonchev–Trinajstić information content (AvgIpc) is 2.58. The van der Waals surface area contributed by atoms with Crippen LogP contribution in [0.2, 0.25) is 0 Å². The van der Waals surface area contributed by atoms with E-state index in [1.165, 1.54) is 5.56 Å². The maximum atomic E-state index is 12.1. The number of fused-ring (bicyclic) bond motifs is 1. The van der Waals surface area contributed by atoms with Crippen LogP contribution in [-0.4, -0.2) is 66.3 Å². The van der Waals surface area contributed by atoms with Gasteiger partial charge in [0.1, 0.15) is 11.7 Å². The van der Waals surface area contributed by atoms with Gasteiger partial charge in [-0.25, -0.2) is 9.59 Å². The maximum Gasteiger partial charge on any atom is 0.410 e. The van der Waals surface area contributed by atoms with Crippen LogP contribution in [-0.2, 0) is 22.3 Å². The summed E-state index contributed by atoms with van der Waals surface area (Å²) in [6, 6.07) is 6.05. The molecule has 148 valence electrons. The number of esters is 1. The number of carbonyl (C=O) groups excluding carboxylic acids is 2. The van der Waals surface area contributed by atoms with Gasteiger partial charge in [-0.05, 0) is 51.3 Å². The monoisotopic (exact) mass is 374 g/mol. The number of ether oxygens (including phenoxy) is 2. The van der Waals surface area contributed by atoms with Gasteiger partial charge in [-0.15, -0.1) is 0 Å². The first-order valence-corrected chi connectivity index (χ1v) is 9.74. The van der Waals surface area contributed by atoms with Crippen LogP contribution in [0.4, 0.5) is 4.79 Å². The van der Waals surface area contributed by atoms with Gasteiger partial charge in [0.2, 0.25) is 0 Å². The molecule has 0 N–H and O–H groups in total. The molecular formula is C21H30N2O4. The number of benzene rings is 1. The number of carbonyl (C=O) groups is 2. The van der Waals surface area contributed by atoms with Crippen molar-refractivity contribution < 1.29 is 19.1 Å². The number of hydrogen-bond acceptors (Lipinski definition) is 5. The molecule has 3 rings (SSSR count). The van der Waals surface area contributed by atoms with E-state index in [0.29, 0.717) is 18.7 Å². The third-order valence-electron chi connectivity index (χ3n) is 4.95. The molecule has 1 fully saturated rings. The Hall–Kier alpha value is -2.08. The molecule has 1 saturated heterocycles. The Morgan fingerprint density at radius 2 is 1.93 bits per heavy atom. The molecule has 2 aliphatic heterocycles. The van der Waals surface area contributed by atoms with Crippen molar-refractivity contribution in [1.82, 2.24) is 9.80 Å². The number of cyclic esters (lactones) is 1. The normalized spacial score (nSPS) is 20.8. The van der Waals surface area contributed by atoms with E-state index >= 15 is 0 Å². The van der Waals surface area contributed by atoms with E-state index in [1.54, 1.807) is 4.90 Å². The molecule has 1 aromatic rings. The molecule has 0 radical (unpaired) electrons. The van der Waals surface area contributed by atoms with Crippen LogP contribution < -0.4 is 0 Å². The largest absolute Gasteiger partial charge is 0.459 e. The van der Waals surface area contributed by atoms with Crippen molar-refractivity contribution in [2.45, 2.75) is 52.2 Å². The van der Waals surface area contributed by atoms with Gasteiger partial charge in [0.25, 0.3) is 0 Å². The van der Waals surface area contributed by atoms with Crippen LogP contribution >= 0.6 is 0 Å². The van der Waals surface area contributed by atoms with Crippen LogP contribution in [0, 0.1) is 0 Å². The van der Waals surface area contributed by atoms with Crippen molar-refractivity contribution in [2.24, 2.45) is 0 Å². The lowest BCUT2D eigenvalue weighted by atomic mass is 9.96. The van der Waals surface area contributed by atoms with Crippen molar-refractivity contribution in [1.29, 1.82) is 0 Å². The molecule has 0 unspecified atom stereocenters. The molecule has 6 heteroatoms. The lowest BCUT2D eigenvalue weighted by Gasteiger charge is -2.35. The Labute approximate surface area is 161 Å². The summed E-state index contributed by atoms with van der Waals surface area (Å²) in [5, 5.41) is 0. The first-order valence-electron chi connectivity index (χ1n) is 9.74. The van der Waals surface area contributed by atoms with Crippen LogP contribution in [0.25, 0.3) is 0 Å². The molecule has 6 nitrogen and oxygen atoms in total. The van der Waals surface area contributed by atoms with Gasteiger partial charge in [0.15, 0.2) is 0 Å². The molecule has 2 aliphatic rings. The zero-order valence-corrected chi connectivity index (χ0v) is 16.8. The molecule has 0 aliphatic carbocycles. The predicted octanol–water partition coefficient (Wildman–Crippen LogP) is 2.88. The quantitative estimate of drug-likeness (QED) is 0.762. The highest BCUT2D eigenvalue weighted by molar-refractivity contribution is 5.92. The summed E-state index contributed by atoms with van der Waals surface area (Å²) >= 11 is 0. The lowest BCUT2D eigenvalue weighted by molar-refractivity contribution is 0.0145. The molecule has 0 bridgehead atoms. The first-order chi connectivity index (χ1) is 12.7. The third kappa shape index (κ3) is 5.22. The van der Waals surface area contributed by atoms with E-state index in [2.05, 4.69) is 11.0 Å². The van der Waals surface area contributed by atoms with Gasteiger partial charge in [-0.1, -0.05) is 12.1 Å². The fourth-order valence-electron chi connectivity index (χ4n) is 3.54. The van der Waals surface area contributed by atoms with Gasteiger partial charge >= 0.3 is 12.1 Å². The van der Waals surface area contributed by atoms with E-state index in [1.807, 2.05) is 39.8 Å². The molecule has 0 spiro atoms. The summed E-state index contributed by atoms with van der Waals surface area (Å²) in [6.45, 7) is 11.6. The smallest absolute Gasteiger partial charge is 0.410 e. The van der Waals surface area contributed by atoms with E-state index in [0.717, 1.165) is 38.0 Å². The second-order valence-corrected chi connectivity index (χ2v) is 8.47. The van der Waals surface area contributed by atoms with Crippen molar-refractivity contribution in [3.05, 3.63) is 34.9 Å². The number of rotatable bonds is 3. The topological polar surface area (TPSA) is 59.1 Å². The van der Waals surface area contributed by atoms with Crippen LogP contribution in [0.3, 0.4) is 0 Å². The Balaban J connectivity index is 1.49. The van der Waals surface area contributed by atoms with Gasteiger partial charge in [-0.3, -0.25) is 4.90 Å². The molecule has 1 aromatic carbocycles. The average molecular weight is 374 g/mol. The van der Waals surface area contributed by atoms with Gasteiger partial charge in [0, 0.05) is 39.1 Å². The minimum atomic E-state index is -0.454. The van der Waals surface area contributed by atoms with E-state index < -0.39 is 5.60 Å². The van der Waals surface area contributed by atoms with Crippen LogP contribution in [0.1, 0.15) is 49.2 Å². The SMILES string of the molecule is C[C@@H]1Cc2cc(CCN3CCN(C(=O)OC(C)(C)C)CC3)ccc2C(=O)O1. The summed E-state index contributed by atoms with van der Waals surface area (Å²) in [7, 11) is 0. The summed E-state index contributed by atoms with van der Waals surface area (Å²) in [5.74, 6) is -0.214. The summed E-state index contributed by atoms with van der Waals surface area (Å²) in [5.41, 5.74) is 2.57. The van der Waals surface area contributed by atoms with Crippen molar-refractivity contribution in [2.75, 3.05) is 32.7 Å². The molecule has 2 heterocycles. The van der Waals surface area contributed by atoms with E-state index in [-0.39, 0.29) is 18.2 Å². The van der Waals surface area contributed by atoms with Crippen LogP contribution in [0.5, 0.6) is 0 Å². The summed E-state index contributed by atoms with van der Waals surface area (Å²) in [4.78, 5) is 28.2. The number of amides is 1.